The molecule has 72 valence electrons. The first kappa shape index (κ1) is 9.88. The predicted octanol–water partition coefficient (Wildman–Crippen LogP) is -1.70. The number of ether oxygens (including phenoxy) is 2. The third-order valence-corrected chi connectivity index (χ3v) is 2.06. The number of hydrogen-bond acceptors (Lipinski definition) is 5. The van der Waals surface area contributed by atoms with Crippen molar-refractivity contribution in [3.05, 3.63) is 0 Å². The van der Waals surface area contributed by atoms with Gasteiger partial charge in [-0.25, -0.2) is 0 Å². The first-order valence-electron chi connectivity index (χ1n) is 3.88. The number of likely N-dealkylation sites (N-methyl/N-ethyl adjacent to an activating group) is 1. The topological polar surface area (TPSA) is 71.0 Å². The lowest BCUT2D eigenvalue weighted by atomic mass is 10.0. The van der Waals surface area contributed by atoms with E-state index in [1.54, 1.807) is 7.05 Å². The Kier molecular flexibility index (Phi) is 3.42. The summed E-state index contributed by atoms with van der Waals surface area (Å²) in [5.74, 6) is 0. The van der Waals surface area contributed by atoms with Gasteiger partial charge in [0.05, 0.1) is 18.8 Å². The summed E-state index contributed by atoms with van der Waals surface area (Å²) in [6.45, 7) is 0.182. The second-order valence-corrected chi connectivity index (χ2v) is 2.81. The van der Waals surface area contributed by atoms with Crippen LogP contribution in [0.3, 0.4) is 0 Å². The van der Waals surface area contributed by atoms with Gasteiger partial charge in [-0.1, -0.05) is 0 Å². The van der Waals surface area contributed by atoms with Crippen LogP contribution in [-0.2, 0) is 9.47 Å². The lowest BCUT2D eigenvalue weighted by molar-refractivity contribution is -0.235. The minimum absolute atomic E-state index is 0.182. The molecule has 1 fully saturated rings. The first-order chi connectivity index (χ1) is 5.70. The Morgan fingerprint density at radius 3 is 2.67 bits per heavy atom. The number of nitrogens with one attached hydrogen (secondary N) is 1. The molecule has 0 amide bonds. The molecule has 0 aromatic heterocycles. The molecule has 0 bridgehead atoms. The van der Waals surface area contributed by atoms with Gasteiger partial charge in [0, 0.05) is 7.11 Å². The zero-order valence-corrected chi connectivity index (χ0v) is 7.23. The van der Waals surface area contributed by atoms with Crippen molar-refractivity contribution in [1.82, 2.24) is 5.32 Å². The van der Waals surface area contributed by atoms with Crippen LogP contribution in [0.5, 0.6) is 0 Å². The van der Waals surface area contributed by atoms with Crippen molar-refractivity contribution in [3.8, 4) is 0 Å². The summed E-state index contributed by atoms with van der Waals surface area (Å²) in [6.07, 6.45) is -2.16. The van der Waals surface area contributed by atoms with Crippen molar-refractivity contribution >= 4 is 0 Å². The molecule has 1 saturated heterocycles. The highest BCUT2D eigenvalue weighted by molar-refractivity contribution is 4.87. The Bertz CT molecular complexity index is 143. The Morgan fingerprint density at radius 1 is 1.50 bits per heavy atom. The Balaban J connectivity index is 2.56. The van der Waals surface area contributed by atoms with Gasteiger partial charge in [0.1, 0.15) is 6.10 Å². The quantitative estimate of drug-likeness (QED) is 0.469. The van der Waals surface area contributed by atoms with Crippen molar-refractivity contribution in [2.75, 3.05) is 20.8 Å². The predicted molar refractivity (Wildman–Crippen MR) is 41.6 cm³/mol. The average molecular weight is 177 g/mol. The van der Waals surface area contributed by atoms with E-state index in [1.807, 2.05) is 0 Å². The van der Waals surface area contributed by atoms with Crippen molar-refractivity contribution in [1.29, 1.82) is 0 Å². The molecule has 1 heterocycles. The van der Waals surface area contributed by atoms with E-state index < -0.39 is 18.5 Å². The van der Waals surface area contributed by atoms with Gasteiger partial charge in [-0.3, -0.25) is 0 Å². The third-order valence-electron chi connectivity index (χ3n) is 2.06. The molecule has 0 aromatic rings. The second kappa shape index (κ2) is 4.15. The average Bonchev–Trinajstić information content (AvgIpc) is 2.06. The third kappa shape index (κ3) is 1.75. The van der Waals surface area contributed by atoms with Crippen molar-refractivity contribution < 1.29 is 19.7 Å². The van der Waals surface area contributed by atoms with Crippen LogP contribution in [-0.4, -0.2) is 55.5 Å². The normalized spacial score (nSPS) is 43.0. The van der Waals surface area contributed by atoms with Gasteiger partial charge >= 0.3 is 0 Å². The first-order valence-corrected chi connectivity index (χ1v) is 3.88. The lowest BCUT2D eigenvalue weighted by Crippen LogP contribution is -2.58. The Hall–Kier alpha value is -0.200. The van der Waals surface area contributed by atoms with E-state index in [0.29, 0.717) is 0 Å². The van der Waals surface area contributed by atoms with Gasteiger partial charge in [-0.15, -0.1) is 0 Å². The molecular formula is C7H15NO4. The molecule has 0 aromatic carbocycles. The molecule has 4 atom stereocenters. The highest BCUT2D eigenvalue weighted by Gasteiger charge is 2.37. The SMILES string of the molecule is CN[C@H]1[C@@H](O)[C@H](OC)OC[C@H]1O. The Labute approximate surface area is 71.3 Å². The summed E-state index contributed by atoms with van der Waals surface area (Å²) in [4.78, 5) is 0. The van der Waals surface area contributed by atoms with Crippen LogP contribution in [0.4, 0.5) is 0 Å². The molecular weight excluding hydrogens is 162 g/mol. The van der Waals surface area contributed by atoms with E-state index in [0.717, 1.165) is 0 Å². The minimum Gasteiger partial charge on any atom is -0.389 e. The zero-order valence-electron chi connectivity index (χ0n) is 7.23. The summed E-state index contributed by atoms with van der Waals surface area (Å²) in [6, 6.07) is -0.385. The van der Waals surface area contributed by atoms with E-state index in [1.165, 1.54) is 7.11 Å². The summed E-state index contributed by atoms with van der Waals surface area (Å²) >= 11 is 0. The van der Waals surface area contributed by atoms with Crippen LogP contribution < -0.4 is 5.32 Å². The van der Waals surface area contributed by atoms with Crippen molar-refractivity contribution in [2.24, 2.45) is 0 Å². The molecule has 0 aliphatic carbocycles. The zero-order chi connectivity index (χ0) is 9.14. The standard InChI is InChI=1S/C7H15NO4/c1-8-5-4(9)3-12-7(11-2)6(5)10/h4-10H,3H2,1-2H3/t4-,5-,6-,7-/m1/s1. The Morgan fingerprint density at radius 2 is 2.17 bits per heavy atom. The van der Waals surface area contributed by atoms with E-state index >= 15 is 0 Å². The maximum Gasteiger partial charge on any atom is 0.184 e. The van der Waals surface area contributed by atoms with Crippen LogP contribution in [0.25, 0.3) is 0 Å². The molecule has 0 unspecified atom stereocenters. The van der Waals surface area contributed by atoms with Crippen molar-refractivity contribution in [3.63, 3.8) is 0 Å². The molecule has 12 heavy (non-hydrogen) atoms. The monoisotopic (exact) mass is 177 g/mol. The highest BCUT2D eigenvalue weighted by Crippen LogP contribution is 2.15. The van der Waals surface area contributed by atoms with Gasteiger partial charge < -0.3 is 25.0 Å². The fourth-order valence-electron chi connectivity index (χ4n) is 1.36. The van der Waals surface area contributed by atoms with Crippen LogP contribution in [0.15, 0.2) is 0 Å². The van der Waals surface area contributed by atoms with Crippen LogP contribution in [0.1, 0.15) is 0 Å². The largest absolute Gasteiger partial charge is 0.389 e. The maximum atomic E-state index is 9.53. The summed E-state index contributed by atoms with van der Waals surface area (Å²) < 4.78 is 9.88. The summed E-state index contributed by atoms with van der Waals surface area (Å²) in [7, 11) is 3.13. The second-order valence-electron chi connectivity index (χ2n) is 2.81. The van der Waals surface area contributed by atoms with E-state index in [-0.39, 0.29) is 12.6 Å². The molecule has 5 heteroatoms. The van der Waals surface area contributed by atoms with Gasteiger partial charge in [0.2, 0.25) is 0 Å². The fraction of sp³-hybridized carbons (Fsp3) is 1.00. The molecule has 0 saturated carbocycles. The molecule has 1 aliphatic rings. The fourth-order valence-corrected chi connectivity index (χ4v) is 1.36. The molecule has 0 spiro atoms. The summed E-state index contributed by atoms with van der Waals surface area (Å²) in [5.41, 5.74) is 0. The highest BCUT2D eigenvalue weighted by atomic mass is 16.7. The number of rotatable bonds is 2. The molecule has 3 N–H and O–H groups in total. The maximum absolute atomic E-state index is 9.53. The number of methoxy groups -OCH3 is 1. The molecule has 5 nitrogen and oxygen atoms in total. The summed E-state index contributed by atoms with van der Waals surface area (Å²) in [5, 5.41) is 21.7. The van der Waals surface area contributed by atoms with E-state index in [2.05, 4.69) is 5.32 Å². The van der Waals surface area contributed by atoms with Crippen LogP contribution in [0, 0.1) is 0 Å². The molecule has 1 aliphatic heterocycles. The van der Waals surface area contributed by atoms with Gasteiger partial charge in [0.25, 0.3) is 0 Å². The van der Waals surface area contributed by atoms with Gasteiger partial charge in [-0.2, -0.15) is 0 Å². The van der Waals surface area contributed by atoms with E-state index in [4.69, 9.17) is 9.47 Å². The van der Waals surface area contributed by atoms with E-state index in [9.17, 15) is 10.2 Å². The number of aliphatic hydroxyl groups excluding tert-OH is 2. The smallest absolute Gasteiger partial charge is 0.184 e. The van der Waals surface area contributed by atoms with Gasteiger partial charge in [0.15, 0.2) is 6.29 Å². The van der Waals surface area contributed by atoms with Gasteiger partial charge in [-0.05, 0) is 7.05 Å². The lowest BCUT2D eigenvalue weighted by Gasteiger charge is -2.36. The number of aliphatic hydroxyl groups is 2. The molecule has 1 rings (SSSR count). The van der Waals surface area contributed by atoms with Crippen LogP contribution in [0.2, 0.25) is 0 Å². The number of hydrogen-bond donors (Lipinski definition) is 3. The minimum atomic E-state index is -0.830. The molecule has 0 radical (unpaired) electrons. The van der Waals surface area contributed by atoms with Crippen molar-refractivity contribution in [2.45, 2.75) is 24.5 Å². The van der Waals surface area contributed by atoms with Crippen LogP contribution >= 0.6 is 0 Å².